The standard InChI is InChI=1S/C13H20O3/c1-8(14)16-7-9-10-5-6-13(4,11(9)15)12(10,2)3/h9-10H,5-7H2,1-4H3/t9-,10-,13-/m1/s1. The Morgan fingerprint density at radius 1 is 1.44 bits per heavy atom. The van der Waals surface area contributed by atoms with Gasteiger partial charge in [0.15, 0.2) is 0 Å². The van der Waals surface area contributed by atoms with Gasteiger partial charge in [-0.3, -0.25) is 9.59 Å². The van der Waals surface area contributed by atoms with E-state index >= 15 is 0 Å². The van der Waals surface area contributed by atoms with Gasteiger partial charge in [0, 0.05) is 12.3 Å². The van der Waals surface area contributed by atoms with Gasteiger partial charge in [0.05, 0.1) is 5.92 Å². The lowest BCUT2D eigenvalue weighted by atomic mass is 9.70. The van der Waals surface area contributed by atoms with Crippen LogP contribution in [0.1, 0.15) is 40.5 Å². The highest BCUT2D eigenvalue weighted by Gasteiger charge is 2.66. The maximum absolute atomic E-state index is 12.3. The first-order valence-corrected chi connectivity index (χ1v) is 5.98. The summed E-state index contributed by atoms with van der Waals surface area (Å²) in [7, 11) is 0. The summed E-state index contributed by atoms with van der Waals surface area (Å²) >= 11 is 0. The minimum atomic E-state index is -0.293. The van der Waals surface area contributed by atoms with E-state index in [1.165, 1.54) is 6.92 Å². The predicted octanol–water partition coefficient (Wildman–Crippen LogP) is 2.19. The Bertz CT molecular complexity index is 345. The summed E-state index contributed by atoms with van der Waals surface area (Å²) in [6, 6.07) is 0. The predicted molar refractivity (Wildman–Crippen MR) is 59.7 cm³/mol. The molecule has 3 heteroatoms. The van der Waals surface area contributed by atoms with Crippen molar-refractivity contribution in [1.82, 2.24) is 0 Å². The molecule has 0 saturated heterocycles. The number of hydrogen-bond acceptors (Lipinski definition) is 3. The molecule has 90 valence electrons. The van der Waals surface area contributed by atoms with E-state index in [0.717, 1.165) is 12.8 Å². The van der Waals surface area contributed by atoms with E-state index in [1.54, 1.807) is 0 Å². The summed E-state index contributed by atoms with van der Waals surface area (Å²) < 4.78 is 5.03. The highest BCUT2D eigenvalue weighted by atomic mass is 16.5. The molecule has 2 aliphatic carbocycles. The first-order valence-electron chi connectivity index (χ1n) is 5.98. The molecule has 0 N–H and O–H groups in total. The van der Waals surface area contributed by atoms with Gasteiger partial charge >= 0.3 is 5.97 Å². The van der Waals surface area contributed by atoms with E-state index in [4.69, 9.17) is 4.74 Å². The Hall–Kier alpha value is -0.860. The summed E-state index contributed by atoms with van der Waals surface area (Å²) in [5.41, 5.74) is -0.155. The van der Waals surface area contributed by atoms with Crippen molar-refractivity contribution in [3.8, 4) is 0 Å². The Balaban J connectivity index is 2.20. The Labute approximate surface area is 96.5 Å². The van der Waals surface area contributed by atoms with Crippen LogP contribution < -0.4 is 0 Å². The number of rotatable bonds is 2. The molecular weight excluding hydrogens is 204 g/mol. The molecule has 16 heavy (non-hydrogen) atoms. The van der Waals surface area contributed by atoms with Gasteiger partial charge in [0.1, 0.15) is 12.4 Å². The molecule has 0 radical (unpaired) electrons. The monoisotopic (exact) mass is 224 g/mol. The van der Waals surface area contributed by atoms with Gasteiger partial charge in [0.2, 0.25) is 0 Å². The third-order valence-electron chi connectivity index (χ3n) is 5.14. The molecule has 2 saturated carbocycles. The van der Waals surface area contributed by atoms with E-state index in [9.17, 15) is 9.59 Å². The van der Waals surface area contributed by atoms with Crippen LogP contribution in [0.2, 0.25) is 0 Å². The molecule has 0 heterocycles. The van der Waals surface area contributed by atoms with E-state index < -0.39 is 0 Å². The Kier molecular flexibility index (Phi) is 2.41. The SMILES string of the molecule is CC(=O)OC[C@H]1C(=O)[C@@]2(C)CC[C@H]1C2(C)C. The summed E-state index contributed by atoms with van der Waals surface area (Å²) in [5.74, 6) is 0.315. The third-order valence-corrected chi connectivity index (χ3v) is 5.14. The molecule has 2 fully saturated rings. The second-order valence-corrected chi connectivity index (χ2v) is 5.97. The highest BCUT2D eigenvalue weighted by Crippen LogP contribution is 2.65. The Morgan fingerprint density at radius 3 is 2.50 bits per heavy atom. The van der Waals surface area contributed by atoms with Crippen molar-refractivity contribution >= 4 is 11.8 Å². The van der Waals surface area contributed by atoms with Gasteiger partial charge in [-0.15, -0.1) is 0 Å². The number of esters is 1. The zero-order valence-electron chi connectivity index (χ0n) is 10.5. The van der Waals surface area contributed by atoms with Crippen molar-refractivity contribution in [1.29, 1.82) is 0 Å². The van der Waals surface area contributed by atoms with Crippen LogP contribution in [-0.2, 0) is 14.3 Å². The Morgan fingerprint density at radius 2 is 2.06 bits per heavy atom. The van der Waals surface area contributed by atoms with Gasteiger partial charge in [-0.05, 0) is 24.2 Å². The van der Waals surface area contributed by atoms with E-state index in [1.807, 2.05) is 0 Å². The largest absolute Gasteiger partial charge is 0.465 e. The van der Waals surface area contributed by atoms with Crippen LogP contribution in [0.15, 0.2) is 0 Å². The van der Waals surface area contributed by atoms with Gasteiger partial charge in [-0.2, -0.15) is 0 Å². The molecule has 3 nitrogen and oxygen atoms in total. The van der Waals surface area contributed by atoms with E-state index in [0.29, 0.717) is 11.7 Å². The number of carbonyl (C=O) groups excluding carboxylic acids is 2. The van der Waals surface area contributed by atoms with Gasteiger partial charge < -0.3 is 4.74 Å². The van der Waals surface area contributed by atoms with Crippen molar-refractivity contribution < 1.29 is 14.3 Å². The molecule has 0 aromatic heterocycles. The van der Waals surface area contributed by atoms with Crippen LogP contribution >= 0.6 is 0 Å². The fourth-order valence-corrected chi connectivity index (χ4v) is 3.67. The summed E-state index contributed by atoms with van der Waals surface area (Å²) in [4.78, 5) is 23.1. The molecule has 0 unspecified atom stereocenters. The van der Waals surface area contributed by atoms with Crippen LogP contribution in [0.5, 0.6) is 0 Å². The molecule has 0 amide bonds. The van der Waals surface area contributed by atoms with Crippen molar-refractivity contribution in [3.63, 3.8) is 0 Å². The summed E-state index contributed by atoms with van der Waals surface area (Å²) in [5, 5.41) is 0. The van der Waals surface area contributed by atoms with Gasteiger partial charge in [0.25, 0.3) is 0 Å². The van der Waals surface area contributed by atoms with Crippen molar-refractivity contribution in [2.75, 3.05) is 6.61 Å². The topological polar surface area (TPSA) is 43.4 Å². The minimum Gasteiger partial charge on any atom is -0.465 e. The number of ketones is 1. The number of Topliss-reactive ketones (excluding diaryl/α,β-unsaturated/α-hetero) is 1. The second-order valence-electron chi connectivity index (χ2n) is 5.97. The first kappa shape index (κ1) is 11.6. The molecule has 0 aromatic rings. The van der Waals surface area contributed by atoms with Crippen molar-refractivity contribution in [2.45, 2.75) is 40.5 Å². The fraction of sp³-hybridized carbons (Fsp3) is 0.846. The quantitative estimate of drug-likeness (QED) is 0.675. The van der Waals surface area contributed by atoms with Gasteiger partial charge in [-0.25, -0.2) is 0 Å². The van der Waals surface area contributed by atoms with Crippen LogP contribution in [0.25, 0.3) is 0 Å². The molecule has 0 aliphatic heterocycles. The second kappa shape index (κ2) is 3.31. The van der Waals surface area contributed by atoms with Crippen LogP contribution in [0, 0.1) is 22.7 Å². The molecule has 2 bridgehead atoms. The molecular formula is C13H20O3. The lowest BCUT2D eigenvalue weighted by Gasteiger charge is -2.32. The normalized spacial score (nSPS) is 40.1. The highest BCUT2D eigenvalue weighted by molar-refractivity contribution is 5.91. The lowest BCUT2D eigenvalue weighted by Crippen LogP contribution is -2.34. The number of ether oxygens (including phenoxy) is 1. The van der Waals surface area contributed by atoms with Crippen molar-refractivity contribution in [2.24, 2.45) is 22.7 Å². The first-order chi connectivity index (χ1) is 7.30. The average Bonchev–Trinajstić information content (AvgIpc) is 2.47. The third kappa shape index (κ3) is 1.26. The molecule has 0 aromatic carbocycles. The number of hydrogen-bond donors (Lipinski definition) is 0. The maximum atomic E-state index is 12.3. The molecule has 3 atom stereocenters. The van der Waals surface area contributed by atoms with Crippen LogP contribution in [0.4, 0.5) is 0 Å². The number of carbonyl (C=O) groups is 2. The minimum absolute atomic E-state index is 0.0505. The average molecular weight is 224 g/mol. The summed E-state index contributed by atoms with van der Waals surface area (Å²) in [6.07, 6.45) is 2.07. The number of fused-ring (bicyclic) bond motifs is 2. The zero-order chi connectivity index (χ0) is 12.1. The maximum Gasteiger partial charge on any atom is 0.302 e. The molecule has 2 aliphatic rings. The van der Waals surface area contributed by atoms with Crippen molar-refractivity contribution in [3.05, 3.63) is 0 Å². The van der Waals surface area contributed by atoms with E-state index in [2.05, 4.69) is 20.8 Å². The summed E-state index contributed by atoms with van der Waals surface area (Å²) in [6.45, 7) is 8.10. The fourth-order valence-electron chi connectivity index (χ4n) is 3.67. The van der Waals surface area contributed by atoms with Crippen LogP contribution in [-0.4, -0.2) is 18.4 Å². The molecule has 2 rings (SSSR count). The zero-order valence-corrected chi connectivity index (χ0v) is 10.5. The molecule has 0 spiro atoms. The van der Waals surface area contributed by atoms with Gasteiger partial charge in [-0.1, -0.05) is 20.8 Å². The van der Waals surface area contributed by atoms with E-state index in [-0.39, 0.29) is 29.3 Å². The lowest BCUT2D eigenvalue weighted by molar-refractivity contribution is -0.145. The smallest absolute Gasteiger partial charge is 0.302 e. The van der Waals surface area contributed by atoms with Crippen LogP contribution in [0.3, 0.4) is 0 Å².